The van der Waals surface area contributed by atoms with Crippen LogP contribution in [-0.2, 0) is 9.53 Å². The maximum absolute atomic E-state index is 11.1. The molecular weight excluding hydrogens is 210 g/mol. The van der Waals surface area contributed by atoms with Crippen LogP contribution in [0.25, 0.3) is 0 Å². The minimum atomic E-state index is -0.413. The third kappa shape index (κ3) is 2.42. The molecule has 0 aromatic carbocycles. The van der Waals surface area contributed by atoms with Crippen LogP contribution in [0.5, 0.6) is 11.5 Å². The van der Waals surface area contributed by atoms with Gasteiger partial charge in [-0.3, -0.25) is 9.78 Å². The van der Waals surface area contributed by atoms with Crippen molar-refractivity contribution in [1.29, 1.82) is 0 Å². The van der Waals surface area contributed by atoms with E-state index in [2.05, 4.69) is 4.98 Å². The fourth-order valence-electron chi connectivity index (χ4n) is 1.45. The van der Waals surface area contributed by atoms with Crippen molar-refractivity contribution in [2.24, 2.45) is 0 Å². The molecule has 0 saturated carbocycles. The standard InChI is InChI=1S/C11H13NO4/c1-2-14-10(13)3-4-11-15-8-5-6-12-7-9(8)16-11/h5-7,11H,2-4H2,1H3. The molecule has 16 heavy (non-hydrogen) atoms. The number of esters is 1. The highest BCUT2D eigenvalue weighted by atomic mass is 16.7. The molecule has 1 aromatic heterocycles. The number of carbonyl (C=O) groups excluding carboxylic acids is 1. The summed E-state index contributed by atoms with van der Waals surface area (Å²) in [5.41, 5.74) is 0. The van der Waals surface area contributed by atoms with Gasteiger partial charge >= 0.3 is 5.97 Å². The molecule has 1 aromatic rings. The zero-order valence-corrected chi connectivity index (χ0v) is 9.01. The van der Waals surface area contributed by atoms with Gasteiger partial charge in [-0.1, -0.05) is 0 Å². The first-order valence-electron chi connectivity index (χ1n) is 5.22. The molecule has 0 amide bonds. The van der Waals surface area contributed by atoms with Gasteiger partial charge in [-0.15, -0.1) is 0 Å². The number of hydrogen-bond acceptors (Lipinski definition) is 5. The summed E-state index contributed by atoms with van der Waals surface area (Å²) in [6.07, 6.45) is 3.59. The average Bonchev–Trinajstić information content (AvgIpc) is 2.69. The van der Waals surface area contributed by atoms with Crippen LogP contribution in [0.4, 0.5) is 0 Å². The first-order valence-corrected chi connectivity index (χ1v) is 5.22. The van der Waals surface area contributed by atoms with Crippen LogP contribution in [0.1, 0.15) is 19.8 Å². The van der Waals surface area contributed by atoms with Gasteiger partial charge in [0.2, 0.25) is 6.29 Å². The molecule has 0 fully saturated rings. The molecular formula is C11H13NO4. The van der Waals surface area contributed by atoms with Gasteiger partial charge in [-0.2, -0.15) is 0 Å². The Hall–Kier alpha value is -1.78. The monoisotopic (exact) mass is 223 g/mol. The predicted octanol–water partition coefficient (Wildman–Crippen LogP) is 1.52. The van der Waals surface area contributed by atoms with Gasteiger partial charge in [0, 0.05) is 18.7 Å². The van der Waals surface area contributed by atoms with Crippen LogP contribution in [0.15, 0.2) is 18.5 Å². The number of rotatable bonds is 4. The molecule has 5 heteroatoms. The lowest BCUT2D eigenvalue weighted by atomic mass is 10.3. The average molecular weight is 223 g/mol. The molecule has 0 aliphatic carbocycles. The summed E-state index contributed by atoms with van der Waals surface area (Å²) < 4.78 is 15.7. The predicted molar refractivity (Wildman–Crippen MR) is 55.1 cm³/mol. The van der Waals surface area contributed by atoms with Gasteiger partial charge in [-0.25, -0.2) is 0 Å². The van der Waals surface area contributed by atoms with Crippen molar-refractivity contribution in [2.45, 2.75) is 26.1 Å². The van der Waals surface area contributed by atoms with Crippen molar-refractivity contribution < 1.29 is 19.0 Å². The smallest absolute Gasteiger partial charge is 0.306 e. The number of hydrogen-bond donors (Lipinski definition) is 0. The van der Waals surface area contributed by atoms with Crippen molar-refractivity contribution in [2.75, 3.05) is 6.61 Å². The maximum Gasteiger partial charge on any atom is 0.306 e. The molecule has 0 radical (unpaired) electrons. The molecule has 2 rings (SSSR count). The number of aromatic nitrogens is 1. The number of fused-ring (bicyclic) bond motifs is 1. The van der Waals surface area contributed by atoms with Crippen LogP contribution in [-0.4, -0.2) is 23.9 Å². The quantitative estimate of drug-likeness (QED) is 0.724. The Kier molecular flexibility index (Phi) is 3.24. The van der Waals surface area contributed by atoms with E-state index < -0.39 is 6.29 Å². The van der Waals surface area contributed by atoms with Crippen LogP contribution < -0.4 is 9.47 Å². The van der Waals surface area contributed by atoms with E-state index in [4.69, 9.17) is 14.2 Å². The highest BCUT2D eigenvalue weighted by Crippen LogP contribution is 2.34. The Morgan fingerprint density at radius 2 is 2.31 bits per heavy atom. The van der Waals surface area contributed by atoms with Crippen molar-refractivity contribution >= 4 is 5.97 Å². The van der Waals surface area contributed by atoms with Gasteiger partial charge < -0.3 is 14.2 Å². The van der Waals surface area contributed by atoms with Crippen LogP contribution in [0, 0.1) is 0 Å². The Labute approximate surface area is 93.3 Å². The van der Waals surface area contributed by atoms with Crippen molar-refractivity contribution in [1.82, 2.24) is 4.98 Å². The van der Waals surface area contributed by atoms with E-state index >= 15 is 0 Å². The lowest BCUT2D eigenvalue weighted by Crippen LogP contribution is -2.19. The van der Waals surface area contributed by atoms with E-state index in [-0.39, 0.29) is 5.97 Å². The Balaban J connectivity index is 1.81. The normalized spacial score (nSPS) is 17.2. The van der Waals surface area contributed by atoms with E-state index in [0.717, 1.165) is 0 Å². The van der Waals surface area contributed by atoms with E-state index in [1.54, 1.807) is 25.4 Å². The summed E-state index contributed by atoms with van der Waals surface area (Å²) >= 11 is 0. The highest BCUT2D eigenvalue weighted by Gasteiger charge is 2.24. The molecule has 1 aliphatic rings. The Morgan fingerprint density at radius 3 is 3.06 bits per heavy atom. The second-order valence-corrected chi connectivity index (χ2v) is 3.33. The molecule has 0 bridgehead atoms. The van der Waals surface area contributed by atoms with Crippen LogP contribution >= 0.6 is 0 Å². The molecule has 5 nitrogen and oxygen atoms in total. The number of carbonyl (C=O) groups is 1. The van der Waals surface area contributed by atoms with Gasteiger partial charge in [-0.05, 0) is 6.92 Å². The summed E-state index contributed by atoms with van der Waals surface area (Å²) in [6.45, 7) is 2.18. The maximum atomic E-state index is 11.1. The topological polar surface area (TPSA) is 57.7 Å². The first kappa shape index (κ1) is 10.7. The molecule has 1 unspecified atom stereocenters. The van der Waals surface area contributed by atoms with E-state index in [1.807, 2.05) is 0 Å². The minimum absolute atomic E-state index is 0.233. The molecule has 1 aliphatic heterocycles. The highest BCUT2D eigenvalue weighted by molar-refractivity contribution is 5.69. The Morgan fingerprint density at radius 1 is 1.50 bits per heavy atom. The van der Waals surface area contributed by atoms with Gasteiger partial charge in [0.05, 0.1) is 19.2 Å². The van der Waals surface area contributed by atoms with Crippen molar-refractivity contribution in [3.05, 3.63) is 18.5 Å². The third-order valence-corrected chi connectivity index (χ3v) is 2.15. The fourth-order valence-corrected chi connectivity index (χ4v) is 1.45. The van der Waals surface area contributed by atoms with Gasteiger partial charge in [0.25, 0.3) is 0 Å². The molecule has 0 spiro atoms. The minimum Gasteiger partial charge on any atom is -0.466 e. The molecule has 1 atom stereocenters. The van der Waals surface area contributed by atoms with Gasteiger partial charge in [0.15, 0.2) is 11.5 Å². The number of pyridine rings is 1. The van der Waals surface area contributed by atoms with Crippen molar-refractivity contribution in [3.63, 3.8) is 0 Å². The fraction of sp³-hybridized carbons (Fsp3) is 0.455. The Bertz CT molecular complexity index is 355. The largest absolute Gasteiger partial charge is 0.466 e. The SMILES string of the molecule is CCOC(=O)CCC1Oc2ccncc2O1. The third-order valence-electron chi connectivity index (χ3n) is 2.15. The second kappa shape index (κ2) is 4.83. The second-order valence-electron chi connectivity index (χ2n) is 3.33. The zero-order valence-electron chi connectivity index (χ0n) is 9.01. The molecule has 86 valence electrons. The number of nitrogens with zero attached hydrogens (tertiary/aromatic N) is 1. The molecule has 0 saturated heterocycles. The van der Waals surface area contributed by atoms with Crippen LogP contribution in [0.3, 0.4) is 0 Å². The first-order chi connectivity index (χ1) is 7.79. The van der Waals surface area contributed by atoms with E-state index in [1.165, 1.54) is 0 Å². The van der Waals surface area contributed by atoms with E-state index in [0.29, 0.717) is 30.9 Å². The van der Waals surface area contributed by atoms with Crippen molar-refractivity contribution in [3.8, 4) is 11.5 Å². The summed E-state index contributed by atoms with van der Waals surface area (Å²) in [5, 5.41) is 0. The summed E-state index contributed by atoms with van der Waals surface area (Å²) in [4.78, 5) is 15.0. The molecule has 2 heterocycles. The van der Waals surface area contributed by atoms with Gasteiger partial charge in [0.1, 0.15) is 0 Å². The zero-order chi connectivity index (χ0) is 11.4. The number of ether oxygens (including phenoxy) is 3. The van der Waals surface area contributed by atoms with Crippen LogP contribution in [0.2, 0.25) is 0 Å². The summed E-state index contributed by atoms with van der Waals surface area (Å²) in [6, 6.07) is 1.74. The van der Waals surface area contributed by atoms with E-state index in [9.17, 15) is 4.79 Å². The lowest BCUT2D eigenvalue weighted by molar-refractivity contribution is -0.144. The summed E-state index contributed by atoms with van der Waals surface area (Å²) in [5.74, 6) is 1.06. The molecule has 0 N–H and O–H groups in total. The summed E-state index contributed by atoms with van der Waals surface area (Å²) in [7, 11) is 0. The lowest BCUT2D eigenvalue weighted by Gasteiger charge is -2.09.